The quantitative estimate of drug-likeness (QED) is 0.482. The minimum atomic E-state index is -0.430. The van der Waals surface area contributed by atoms with Gasteiger partial charge in [-0.25, -0.2) is 4.98 Å². The van der Waals surface area contributed by atoms with E-state index in [2.05, 4.69) is 10.3 Å². The Morgan fingerprint density at radius 1 is 1.45 bits per heavy atom. The molecule has 0 amide bonds. The number of nitrogens with zero attached hydrogens (tertiary/aromatic N) is 2. The maximum atomic E-state index is 10.5. The van der Waals surface area contributed by atoms with Crippen molar-refractivity contribution in [2.24, 2.45) is 0 Å². The molecule has 0 spiro atoms. The van der Waals surface area contributed by atoms with Crippen molar-refractivity contribution < 1.29 is 9.66 Å². The number of ether oxygens (including phenoxy) is 1. The summed E-state index contributed by atoms with van der Waals surface area (Å²) in [6, 6.07) is 6.25. The van der Waals surface area contributed by atoms with E-state index >= 15 is 0 Å². The van der Waals surface area contributed by atoms with Crippen molar-refractivity contribution in [1.29, 1.82) is 0 Å². The number of nitrogens with one attached hydrogen (secondary N) is 1. The molecule has 2 rings (SSSR count). The van der Waals surface area contributed by atoms with E-state index < -0.39 is 4.92 Å². The molecule has 1 N–H and O–H groups in total. The van der Waals surface area contributed by atoms with Crippen molar-refractivity contribution in [3.8, 4) is 5.75 Å². The van der Waals surface area contributed by atoms with Gasteiger partial charge in [0.2, 0.25) is 0 Å². The fourth-order valence-electron chi connectivity index (χ4n) is 1.64. The van der Waals surface area contributed by atoms with Gasteiger partial charge in [0.05, 0.1) is 11.0 Å². The third-order valence-electron chi connectivity index (χ3n) is 2.69. The fourth-order valence-corrected chi connectivity index (χ4v) is 2.31. The van der Waals surface area contributed by atoms with Gasteiger partial charge in [0, 0.05) is 30.3 Å². The van der Waals surface area contributed by atoms with Crippen molar-refractivity contribution >= 4 is 17.0 Å². The van der Waals surface area contributed by atoms with Gasteiger partial charge < -0.3 is 10.1 Å². The summed E-state index contributed by atoms with van der Waals surface area (Å²) >= 11 is 1.61. The largest absolute Gasteiger partial charge is 0.492 e. The molecule has 1 heterocycles. The summed E-state index contributed by atoms with van der Waals surface area (Å²) in [6.07, 6.45) is 1.78. The molecule has 1 unspecified atom stereocenters. The molecule has 1 atom stereocenters. The lowest BCUT2D eigenvalue weighted by Gasteiger charge is -2.11. The summed E-state index contributed by atoms with van der Waals surface area (Å²) < 4.78 is 5.51. The number of aromatic nitrogens is 1. The highest BCUT2D eigenvalue weighted by Gasteiger charge is 2.07. The van der Waals surface area contributed by atoms with Crippen LogP contribution in [0, 0.1) is 10.1 Å². The van der Waals surface area contributed by atoms with Crippen LogP contribution in [0.5, 0.6) is 5.75 Å². The van der Waals surface area contributed by atoms with Crippen LogP contribution >= 0.6 is 11.3 Å². The number of benzene rings is 1. The number of nitro groups is 1. The average molecular weight is 293 g/mol. The Morgan fingerprint density at radius 2 is 2.20 bits per heavy atom. The van der Waals surface area contributed by atoms with Crippen molar-refractivity contribution in [1.82, 2.24) is 10.3 Å². The Kier molecular flexibility index (Phi) is 5.03. The molecule has 0 radical (unpaired) electrons. The van der Waals surface area contributed by atoms with Crippen LogP contribution in [-0.4, -0.2) is 23.1 Å². The standard InChI is InChI=1S/C13H15N3O3S/c1-10(13-15-7-9-20-13)14-6-8-19-12-4-2-11(3-5-12)16(17)18/h2-5,7,9-10,14H,6,8H2,1H3. The molecule has 0 aliphatic heterocycles. The predicted molar refractivity (Wildman–Crippen MR) is 77.1 cm³/mol. The molecule has 106 valence electrons. The molecule has 1 aromatic carbocycles. The topological polar surface area (TPSA) is 77.3 Å². The normalized spacial score (nSPS) is 12.1. The molecule has 0 fully saturated rings. The fraction of sp³-hybridized carbons (Fsp3) is 0.308. The highest BCUT2D eigenvalue weighted by atomic mass is 32.1. The molecule has 0 aliphatic carbocycles. The SMILES string of the molecule is CC(NCCOc1ccc([N+](=O)[O-])cc1)c1nccs1. The first-order valence-corrected chi connectivity index (χ1v) is 7.05. The Labute approximate surface area is 120 Å². The maximum absolute atomic E-state index is 10.5. The smallest absolute Gasteiger partial charge is 0.269 e. The molecule has 0 aliphatic rings. The van der Waals surface area contributed by atoms with Gasteiger partial charge in [0.25, 0.3) is 5.69 Å². The van der Waals surface area contributed by atoms with E-state index in [4.69, 9.17) is 4.74 Å². The van der Waals surface area contributed by atoms with E-state index in [-0.39, 0.29) is 11.7 Å². The summed E-state index contributed by atoms with van der Waals surface area (Å²) in [5.41, 5.74) is 0.0628. The third kappa shape index (κ3) is 4.01. The Morgan fingerprint density at radius 3 is 2.80 bits per heavy atom. The van der Waals surface area contributed by atoms with E-state index in [1.807, 2.05) is 12.3 Å². The van der Waals surface area contributed by atoms with Gasteiger partial charge in [0.15, 0.2) is 0 Å². The molecule has 20 heavy (non-hydrogen) atoms. The van der Waals surface area contributed by atoms with Gasteiger partial charge in [0.1, 0.15) is 17.4 Å². The van der Waals surface area contributed by atoms with E-state index in [1.54, 1.807) is 29.7 Å². The van der Waals surface area contributed by atoms with Gasteiger partial charge in [-0.05, 0) is 19.1 Å². The first-order chi connectivity index (χ1) is 9.66. The van der Waals surface area contributed by atoms with E-state index in [0.717, 1.165) is 5.01 Å². The second kappa shape index (κ2) is 6.97. The van der Waals surface area contributed by atoms with Crippen LogP contribution in [0.3, 0.4) is 0 Å². The van der Waals surface area contributed by atoms with Crippen LogP contribution in [0.1, 0.15) is 18.0 Å². The van der Waals surface area contributed by atoms with Crippen molar-refractivity contribution in [2.45, 2.75) is 13.0 Å². The highest BCUT2D eigenvalue weighted by Crippen LogP contribution is 2.17. The molecule has 2 aromatic rings. The van der Waals surface area contributed by atoms with Gasteiger partial charge in [-0.3, -0.25) is 10.1 Å². The average Bonchev–Trinajstić information content (AvgIpc) is 2.98. The zero-order valence-corrected chi connectivity index (χ0v) is 11.8. The van der Waals surface area contributed by atoms with E-state index in [1.165, 1.54) is 12.1 Å². The van der Waals surface area contributed by atoms with Crippen LogP contribution in [0.2, 0.25) is 0 Å². The number of hydrogen-bond acceptors (Lipinski definition) is 6. The Bertz CT molecular complexity index is 542. The van der Waals surface area contributed by atoms with Gasteiger partial charge in [-0.15, -0.1) is 11.3 Å². The monoisotopic (exact) mass is 293 g/mol. The first kappa shape index (κ1) is 14.4. The van der Waals surface area contributed by atoms with Gasteiger partial charge in [-0.2, -0.15) is 0 Å². The number of non-ortho nitro benzene ring substituents is 1. The van der Waals surface area contributed by atoms with Crippen LogP contribution in [0.25, 0.3) is 0 Å². The minimum absolute atomic E-state index is 0.0628. The number of thiazole rings is 1. The van der Waals surface area contributed by atoms with E-state index in [9.17, 15) is 10.1 Å². The van der Waals surface area contributed by atoms with Crippen LogP contribution < -0.4 is 10.1 Å². The van der Waals surface area contributed by atoms with Gasteiger partial charge in [-0.1, -0.05) is 0 Å². The zero-order chi connectivity index (χ0) is 14.4. The summed E-state index contributed by atoms with van der Waals surface area (Å²) in [6.45, 7) is 3.22. The second-order valence-corrected chi connectivity index (χ2v) is 5.07. The molecule has 6 nitrogen and oxygen atoms in total. The van der Waals surface area contributed by atoms with Crippen LogP contribution in [0.4, 0.5) is 5.69 Å². The van der Waals surface area contributed by atoms with E-state index in [0.29, 0.717) is 18.9 Å². The molecule has 1 aromatic heterocycles. The minimum Gasteiger partial charge on any atom is -0.492 e. The highest BCUT2D eigenvalue weighted by molar-refractivity contribution is 7.09. The molecular weight excluding hydrogens is 278 g/mol. The first-order valence-electron chi connectivity index (χ1n) is 6.17. The zero-order valence-electron chi connectivity index (χ0n) is 11.0. The number of nitro benzene ring substituents is 1. The number of hydrogen-bond donors (Lipinski definition) is 1. The molecule has 0 saturated heterocycles. The summed E-state index contributed by atoms with van der Waals surface area (Å²) in [5.74, 6) is 0.624. The Hall–Kier alpha value is -1.99. The lowest BCUT2D eigenvalue weighted by atomic mass is 10.3. The lowest BCUT2D eigenvalue weighted by Crippen LogP contribution is -2.24. The summed E-state index contributed by atoms with van der Waals surface area (Å²) in [4.78, 5) is 14.3. The molecule has 7 heteroatoms. The second-order valence-electron chi connectivity index (χ2n) is 4.15. The predicted octanol–water partition coefficient (Wildman–Crippen LogP) is 2.78. The molecule has 0 saturated carbocycles. The van der Waals surface area contributed by atoms with Gasteiger partial charge >= 0.3 is 0 Å². The van der Waals surface area contributed by atoms with Crippen molar-refractivity contribution in [2.75, 3.05) is 13.2 Å². The maximum Gasteiger partial charge on any atom is 0.269 e. The van der Waals surface area contributed by atoms with Crippen LogP contribution in [-0.2, 0) is 0 Å². The summed E-state index contributed by atoms with van der Waals surface area (Å²) in [7, 11) is 0. The van der Waals surface area contributed by atoms with Crippen molar-refractivity contribution in [3.63, 3.8) is 0 Å². The Balaban J connectivity index is 1.72. The third-order valence-corrected chi connectivity index (χ3v) is 3.65. The molecular formula is C13H15N3O3S. The lowest BCUT2D eigenvalue weighted by molar-refractivity contribution is -0.384. The van der Waals surface area contributed by atoms with Crippen molar-refractivity contribution in [3.05, 3.63) is 51.0 Å². The van der Waals surface area contributed by atoms with Crippen LogP contribution in [0.15, 0.2) is 35.8 Å². The summed E-state index contributed by atoms with van der Waals surface area (Å²) in [5, 5.41) is 16.8. The molecule has 0 bridgehead atoms. The number of rotatable bonds is 7.